The lowest BCUT2D eigenvalue weighted by atomic mass is 9.97. The highest BCUT2D eigenvalue weighted by molar-refractivity contribution is 7.17. The van der Waals surface area contributed by atoms with Crippen LogP contribution in [0.5, 0.6) is 0 Å². The number of piperidine rings is 1. The van der Waals surface area contributed by atoms with E-state index in [0.29, 0.717) is 30.1 Å². The van der Waals surface area contributed by atoms with E-state index in [1.165, 1.54) is 11.3 Å². The molecule has 10 nitrogen and oxygen atoms in total. The van der Waals surface area contributed by atoms with Gasteiger partial charge in [-0.25, -0.2) is 4.98 Å². The van der Waals surface area contributed by atoms with Crippen LogP contribution in [-0.2, 0) is 4.79 Å². The zero-order valence-corrected chi connectivity index (χ0v) is 15.9. The second-order valence-electron chi connectivity index (χ2n) is 6.49. The molecule has 2 amide bonds. The molecule has 0 radical (unpaired) electrons. The number of amides is 2. The van der Waals surface area contributed by atoms with Crippen molar-refractivity contribution in [1.82, 2.24) is 35.5 Å². The normalized spacial score (nSPS) is 16.8. The maximum Gasteiger partial charge on any atom is 0.269 e. The van der Waals surface area contributed by atoms with Crippen LogP contribution >= 0.6 is 11.3 Å². The summed E-state index contributed by atoms with van der Waals surface area (Å²) < 4.78 is 0. The van der Waals surface area contributed by atoms with E-state index in [4.69, 9.17) is 0 Å². The minimum absolute atomic E-state index is 0.0952. The number of nitrogens with one attached hydrogen (secondary N) is 2. The maximum atomic E-state index is 13.1. The molecular weight excluding hydrogens is 380 g/mol. The van der Waals surface area contributed by atoms with E-state index in [1.54, 1.807) is 17.3 Å². The zero-order chi connectivity index (χ0) is 19.5. The lowest BCUT2D eigenvalue weighted by molar-refractivity contribution is -0.121. The van der Waals surface area contributed by atoms with Crippen molar-refractivity contribution in [3.05, 3.63) is 35.1 Å². The molecular formula is C17H18N8O2S. The number of nitrogens with zero attached hydrogens (tertiary/aromatic N) is 6. The predicted molar refractivity (Wildman–Crippen MR) is 102 cm³/mol. The number of thiazole rings is 1. The van der Waals surface area contributed by atoms with Gasteiger partial charge >= 0.3 is 0 Å². The first-order chi connectivity index (χ1) is 13.6. The summed E-state index contributed by atoms with van der Waals surface area (Å²) in [5, 5.41) is 16.5. The molecule has 144 valence electrons. The number of aromatic nitrogens is 6. The average molecular weight is 398 g/mol. The van der Waals surface area contributed by atoms with Crippen LogP contribution in [0.4, 0.5) is 5.95 Å². The Balaban J connectivity index is 1.47. The molecule has 0 aromatic carbocycles. The molecule has 1 aliphatic rings. The van der Waals surface area contributed by atoms with Crippen LogP contribution in [-0.4, -0.2) is 60.4 Å². The Kier molecular flexibility index (Phi) is 5.06. The van der Waals surface area contributed by atoms with E-state index in [1.807, 2.05) is 19.1 Å². The molecule has 2 N–H and O–H groups in total. The van der Waals surface area contributed by atoms with Crippen LogP contribution in [0, 0.1) is 12.8 Å². The number of H-pyrrole nitrogens is 1. The lowest BCUT2D eigenvalue weighted by Gasteiger charge is -2.31. The highest BCUT2D eigenvalue weighted by Gasteiger charge is 2.31. The smallest absolute Gasteiger partial charge is 0.269 e. The van der Waals surface area contributed by atoms with Gasteiger partial charge in [-0.05, 0) is 37.1 Å². The Labute approximate surface area is 164 Å². The first-order valence-electron chi connectivity index (χ1n) is 8.83. The van der Waals surface area contributed by atoms with E-state index in [9.17, 15) is 9.59 Å². The third kappa shape index (κ3) is 3.74. The molecule has 1 unspecified atom stereocenters. The summed E-state index contributed by atoms with van der Waals surface area (Å²) in [5.41, 5.74) is 1.57. The van der Waals surface area contributed by atoms with Crippen molar-refractivity contribution >= 4 is 29.1 Å². The summed E-state index contributed by atoms with van der Waals surface area (Å²) >= 11 is 1.35. The molecule has 0 aliphatic carbocycles. The van der Waals surface area contributed by atoms with Gasteiger partial charge in [-0.1, -0.05) is 5.10 Å². The van der Waals surface area contributed by atoms with Gasteiger partial charge in [0.05, 0.1) is 11.6 Å². The molecule has 28 heavy (non-hydrogen) atoms. The van der Waals surface area contributed by atoms with Crippen LogP contribution in [0.15, 0.2) is 24.5 Å². The van der Waals surface area contributed by atoms with Crippen molar-refractivity contribution in [1.29, 1.82) is 0 Å². The molecule has 1 fully saturated rings. The van der Waals surface area contributed by atoms with Gasteiger partial charge in [0.25, 0.3) is 11.9 Å². The number of aryl methyl sites for hydroxylation is 1. The topological polar surface area (TPSA) is 130 Å². The summed E-state index contributed by atoms with van der Waals surface area (Å²) in [7, 11) is 0. The van der Waals surface area contributed by atoms with E-state index in [-0.39, 0.29) is 23.7 Å². The highest BCUT2D eigenvalue weighted by Crippen LogP contribution is 2.29. The van der Waals surface area contributed by atoms with Crippen LogP contribution in [0.25, 0.3) is 10.6 Å². The van der Waals surface area contributed by atoms with Crippen molar-refractivity contribution in [2.75, 3.05) is 18.4 Å². The van der Waals surface area contributed by atoms with Crippen LogP contribution in [0.3, 0.4) is 0 Å². The van der Waals surface area contributed by atoms with Gasteiger partial charge in [-0.2, -0.15) is 5.21 Å². The Hall–Kier alpha value is -3.21. The van der Waals surface area contributed by atoms with E-state index in [0.717, 1.165) is 17.0 Å². The number of carbonyl (C=O) groups excluding carboxylic acids is 2. The third-order valence-corrected chi connectivity index (χ3v) is 5.75. The average Bonchev–Trinajstić information content (AvgIpc) is 3.38. The van der Waals surface area contributed by atoms with Crippen LogP contribution < -0.4 is 5.32 Å². The number of pyridine rings is 1. The highest BCUT2D eigenvalue weighted by atomic mass is 32.1. The summed E-state index contributed by atoms with van der Waals surface area (Å²) in [6.45, 7) is 2.79. The van der Waals surface area contributed by atoms with Gasteiger partial charge in [0, 0.05) is 31.0 Å². The van der Waals surface area contributed by atoms with E-state index >= 15 is 0 Å². The monoisotopic (exact) mass is 398 g/mol. The molecule has 3 aromatic rings. The largest absolute Gasteiger partial charge is 0.337 e. The second-order valence-corrected chi connectivity index (χ2v) is 7.49. The lowest BCUT2D eigenvalue weighted by Crippen LogP contribution is -2.43. The number of likely N-dealkylation sites (tertiary alicyclic amines) is 1. The van der Waals surface area contributed by atoms with Gasteiger partial charge in [0.15, 0.2) is 0 Å². The SMILES string of the molecule is Cc1nc(-c2cccnc2)sc1C(=O)N1CCCC(C(=O)Nc2nn[nH]n2)C1. The summed E-state index contributed by atoms with van der Waals surface area (Å²) in [4.78, 5) is 36.4. The van der Waals surface area contributed by atoms with Gasteiger partial charge in [-0.3, -0.25) is 19.9 Å². The van der Waals surface area contributed by atoms with Crippen molar-refractivity contribution in [3.63, 3.8) is 0 Å². The Morgan fingerprint density at radius 1 is 1.39 bits per heavy atom. The number of rotatable bonds is 4. The van der Waals surface area contributed by atoms with E-state index < -0.39 is 0 Å². The molecule has 0 spiro atoms. The minimum Gasteiger partial charge on any atom is -0.337 e. The standard InChI is InChI=1S/C17H18N8O2S/c1-10-13(28-15(19-10)11-4-2-6-18-8-11)16(27)25-7-3-5-12(9-25)14(26)20-17-21-23-24-22-17/h2,4,6,8,12H,3,5,7,9H2,1H3,(H2,20,21,22,23,24,26). The number of anilines is 1. The van der Waals surface area contributed by atoms with Crippen molar-refractivity contribution in [2.24, 2.45) is 5.92 Å². The number of hydrogen-bond donors (Lipinski definition) is 2. The fourth-order valence-corrected chi connectivity index (χ4v) is 4.18. The summed E-state index contributed by atoms with van der Waals surface area (Å²) in [5.74, 6) is -0.492. The quantitative estimate of drug-likeness (QED) is 0.681. The van der Waals surface area contributed by atoms with Crippen molar-refractivity contribution < 1.29 is 9.59 Å². The van der Waals surface area contributed by atoms with Crippen molar-refractivity contribution in [3.8, 4) is 10.6 Å². The minimum atomic E-state index is -0.317. The van der Waals surface area contributed by atoms with Crippen LogP contribution in [0.2, 0.25) is 0 Å². The third-order valence-electron chi connectivity index (χ3n) is 4.56. The Bertz CT molecular complexity index is 972. The molecule has 1 aliphatic heterocycles. The maximum absolute atomic E-state index is 13.1. The predicted octanol–water partition coefficient (Wildman–Crippen LogP) is 1.52. The molecule has 0 saturated carbocycles. The fourth-order valence-electron chi connectivity index (χ4n) is 3.15. The number of carbonyl (C=O) groups is 2. The van der Waals surface area contributed by atoms with Gasteiger partial charge in [0.1, 0.15) is 9.88 Å². The Morgan fingerprint density at radius 3 is 3.04 bits per heavy atom. The van der Waals surface area contributed by atoms with E-state index in [2.05, 4.69) is 35.9 Å². The molecule has 0 bridgehead atoms. The summed E-state index contributed by atoms with van der Waals surface area (Å²) in [6, 6.07) is 3.75. The molecule has 1 atom stereocenters. The molecule has 1 saturated heterocycles. The first-order valence-corrected chi connectivity index (χ1v) is 9.65. The van der Waals surface area contributed by atoms with Crippen molar-refractivity contribution in [2.45, 2.75) is 19.8 Å². The van der Waals surface area contributed by atoms with Gasteiger partial charge in [0.2, 0.25) is 5.91 Å². The van der Waals surface area contributed by atoms with Crippen LogP contribution in [0.1, 0.15) is 28.2 Å². The molecule has 4 heterocycles. The number of hydrogen-bond acceptors (Lipinski definition) is 8. The number of aromatic amines is 1. The molecule has 3 aromatic heterocycles. The molecule has 4 rings (SSSR count). The summed E-state index contributed by atoms with van der Waals surface area (Å²) in [6.07, 6.45) is 4.88. The zero-order valence-electron chi connectivity index (χ0n) is 15.1. The second kappa shape index (κ2) is 7.80. The fraction of sp³-hybridized carbons (Fsp3) is 0.353. The van der Waals surface area contributed by atoms with Gasteiger partial charge < -0.3 is 4.90 Å². The van der Waals surface area contributed by atoms with Gasteiger partial charge in [-0.15, -0.1) is 16.4 Å². The Morgan fingerprint density at radius 2 is 2.29 bits per heavy atom. The first kappa shape index (κ1) is 18.2. The number of tetrazole rings is 1. The molecule has 11 heteroatoms.